The van der Waals surface area contributed by atoms with Crippen molar-refractivity contribution in [3.05, 3.63) is 29.8 Å². The molecule has 0 saturated carbocycles. The topological polar surface area (TPSA) is 34.1 Å². The van der Waals surface area contributed by atoms with E-state index >= 15 is 0 Å². The third-order valence-corrected chi connectivity index (χ3v) is 2.98. The third-order valence-electron chi connectivity index (χ3n) is 2.98. The van der Waals surface area contributed by atoms with E-state index in [0.717, 1.165) is 25.1 Å². The fraction of sp³-hybridized carbons (Fsp3) is 0.583. The fourth-order valence-electron chi connectivity index (χ4n) is 1.92. The summed E-state index contributed by atoms with van der Waals surface area (Å²) in [5.41, 5.74) is 0.790. The Kier molecular flexibility index (Phi) is 3.85. The summed E-state index contributed by atoms with van der Waals surface area (Å²) in [6.45, 7) is 4.56. The van der Waals surface area contributed by atoms with Crippen molar-refractivity contribution in [3.8, 4) is 0 Å². The lowest BCUT2D eigenvalue weighted by atomic mass is 9.97. The second-order valence-corrected chi connectivity index (χ2v) is 4.33. The van der Waals surface area contributed by atoms with Crippen LogP contribution in [0, 0.1) is 11.7 Å². The molecule has 0 bridgehead atoms. The Balaban J connectivity index is 1.86. The molecule has 0 aliphatic carbocycles. The van der Waals surface area contributed by atoms with Crippen molar-refractivity contribution in [2.24, 2.45) is 5.92 Å². The van der Waals surface area contributed by atoms with Gasteiger partial charge in [-0.3, -0.25) is 4.98 Å². The second kappa shape index (κ2) is 5.37. The minimum absolute atomic E-state index is 0.219. The van der Waals surface area contributed by atoms with E-state index < -0.39 is 0 Å². The normalized spacial score (nSPS) is 25.6. The number of hydrogen-bond donors (Lipinski definition) is 1. The molecule has 4 heteroatoms. The number of ether oxygens (including phenoxy) is 1. The highest BCUT2D eigenvalue weighted by atomic mass is 19.1. The highest BCUT2D eigenvalue weighted by Gasteiger charge is 2.21. The number of aromatic nitrogens is 1. The van der Waals surface area contributed by atoms with E-state index in [1.54, 1.807) is 6.20 Å². The van der Waals surface area contributed by atoms with Crippen LogP contribution in [0.4, 0.5) is 4.39 Å². The molecule has 0 amide bonds. The molecule has 16 heavy (non-hydrogen) atoms. The highest BCUT2D eigenvalue weighted by Crippen LogP contribution is 2.16. The van der Waals surface area contributed by atoms with E-state index in [1.807, 2.05) is 0 Å². The van der Waals surface area contributed by atoms with E-state index in [4.69, 9.17) is 4.74 Å². The number of rotatable bonds is 3. The molecule has 2 rings (SSSR count). The molecule has 1 aliphatic rings. The molecule has 2 heterocycles. The molecule has 1 N–H and O–H groups in total. The van der Waals surface area contributed by atoms with E-state index in [2.05, 4.69) is 17.2 Å². The largest absolute Gasteiger partial charge is 0.372 e. The molecule has 0 aromatic carbocycles. The summed E-state index contributed by atoms with van der Waals surface area (Å²) in [6.07, 6.45) is 4.20. The summed E-state index contributed by atoms with van der Waals surface area (Å²) in [6, 6.07) is 1.47. The van der Waals surface area contributed by atoms with Crippen LogP contribution in [-0.4, -0.2) is 24.2 Å². The predicted molar refractivity (Wildman–Crippen MR) is 59.4 cm³/mol. The maximum atomic E-state index is 12.9. The van der Waals surface area contributed by atoms with Gasteiger partial charge in [0.15, 0.2) is 0 Å². The Morgan fingerprint density at radius 3 is 3.19 bits per heavy atom. The van der Waals surface area contributed by atoms with Gasteiger partial charge >= 0.3 is 0 Å². The van der Waals surface area contributed by atoms with Gasteiger partial charge in [0.1, 0.15) is 5.82 Å². The second-order valence-electron chi connectivity index (χ2n) is 4.33. The van der Waals surface area contributed by atoms with Crippen LogP contribution < -0.4 is 5.32 Å². The SMILES string of the molecule is CC1CCNCC1OCc1cncc(F)c1. The lowest BCUT2D eigenvalue weighted by molar-refractivity contribution is -0.00677. The maximum Gasteiger partial charge on any atom is 0.141 e. The van der Waals surface area contributed by atoms with Crippen LogP contribution in [0.15, 0.2) is 18.5 Å². The first kappa shape index (κ1) is 11.5. The number of hydrogen-bond acceptors (Lipinski definition) is 3. The van der Waals surface area contributed by atoms with Gasteiger partial charge in [-0.1, -0.05) is 6.92 Å². The zero-order valence-corrected chi connectivity index (χ0v) is 9.45. The van der Waals surface area contributed by atoms with Crippen molar-refractivity contribution in [3.63, 3.8) is 0 Å². The minimum Gasteiger partial charge on any atom is -0.372 e. The van der Waals surface area contributed by atoms with Crippen LogP contribution in [-0.2, 0) is 11.3 Å². The molecule has 2 atom stereocenters. The molecule has 1 aromatic heterocycles. The van der Waals surface area contributed by atoms with Crippen LogP contribution in [0.1, 0.15) is 18.9 Å². The molecule has 0 radical (unpaired) electrons. The van der Waals surface area contributed by atoms with Crippen LogP contribution in [0.2, 0.25) is 0 Å². The van der Waals surface area contributed by atoms with Gasteiger partial charge in [0.2, 0.25) is 0 Å². The van der Waals surface area contributed by atoms with E-state index in [9.17, 15) is 4.39 Å². The van der Waals surface area contributed by atoms with Gasteiger partial charge in [0.05, 0.1) is 18.9 Å². The Hall–Kier alpha value is -1.00. The summed E-state index contributed by atoms with van der Waals surface area (Å²) < 4.78 is 18.6. The molecule has 1 saturated heterocycles. The quantitative estimate of drug-likeness (QED) is 0.849. The van der Waals surface area contributed by atoms with Crippen LogP contribution in [0.25, 0.3) is 0 Å². The molecule has 2 unspecified atom stereocenters. The van der Waals surface area contributed by atoms with Gasteiger partial charge in [-0.25, -0.2) is 4.39 Å². The van der Waals surface area contributed by atoms with Gasteiger partial charge < -0.3 is 10.1 Å². The lowest BCUT2D eigenvalue weighted by Crippen LogP contribution is -2.40. The highest BCUT2D eigenvalue weighted by molar-refractivity contribution is 5.08. The first-order valence-corrected chi connectivity index (χ1v) is 5.67. The number of nitrogens with zero attached hydrogens (tertiary/aromatic N) is 1. The van der Waals surface area contributed by atoms with Gasteiger partial charge in [-0.15, -0.1) is 0 Å². The molecule has 88 valence electrons. The van der Waals surface area contributed by atoms with Crippen LogP contribution in [0.3, 0.4) is 0 Å². The monoisotopic (exact) mass is 224 g/mol. The Morgan fingerprint density at radius 2 is 2.44 bits per heavy atom. The van der Waals surface area contributed by atoms with Crippen molar-refractivity contribution in [2.75, 3.05) is 13.1 Å². The number of piperidine rings is 1. The third kappa shape index (κ3) is 3.00. The molecular weight excluding hydrogens is 207 g/mol. The standard InChI is InChI=1S/C12H17FN2O/c1-9-2-3-14-7-12(9)16-8-10-4-11(13)6-15-5-10/h4-6,9,12,14H,2-3,7-8H2,1H3. The van der Waals surface area contributed by atoms with E-state index in [1.165, 1.54) is 12.3 Å². The molecule has 1 fully saturated rings. The van der Waals surface area contributed by atoms with Gasteiger partial charge in [0.25, 0.3) is 0 Å². The van der Waals surface area contributed by atoms with Crippen LogP contribution >= 0.6 is 0 Å². The average molecular weight is 224 g/mol. The van der Waals surface area contributed by atoms with E-state index in [0.29, 0.717) is 12.5 Å². The summed E-state index contributed by atoms with van der Waals surface area (Å²) >= 11 is 0. The smallest absolute Gasteiger partial charge is 0.141 e. The number of pyridine rings is 1. The van der Waals surface area contributed by atoms with Gasteiger partial charge in [-0.05, 0) is 30.5 Å². The van der Waals surface area contributed by atoms with Crippen molar-refractivity contribution >= 4 is 0 Å². The van der Waals surface area contributed by atoms with Gasteiger partial charge in [0, 0.05) is 12.7 Å². The zero-order valence-electron chi connectivity index (χ0n) is 9.45. The fourth-order valence-corrected chi connectivity index (χ4v) is 1.92. The van der Waals surface area contributed by atoms with E-state index in [-0.39, 0.29) is 11.9 Å². The molecular formula is C12H17FN2O. The van der Waals surface area contributed by atoms with Crippen LogP contribution in [0.5, 0.6) is 0 Å². The molecule has 0 spiro atoms. The molecule has 1 aliphatic heterocycles. The molecule has 3 nitrogen and oxygen atoms in total. The maximum absolute atomic E-state index is 12.9. The summed E-state index contributed by atoms with van der Waals surface area (Å²) in [4.78, 5) is 3.80. The van der Waals surface area contributed by atoms with Crippen molar-refractivity contribution in [2.45, 2.75) is 26.1 Å². The predicted octanol–water partition coefficient (Wildman–Crippen LogP) is 1.74. The Morgan fingerprint density at radius 1 is 1.56 bits per heavy atom. The Bertz CT molecular complexity index is 346. The lowest BCUT2D eigenvalue weighted by Gasteiger charge is -2.29. The van der Waals surface area contributed by atoms with Crippen molar-refractivity contribution in [1.82, 2.24) is 10.3 Å². The van der Waals surface area contributed by atoms with Crippen molar-refractivity contribution < 1.29 is 9.13 Å². The summed E-state index contributed by atoms with van der Waals surface area (Å²) in [5, 5.41) is 3.30. The zero-order chi connectivity index (χ0) is 11.4. The number of halogens is 1. The average Bonchev–Trinajstić information content (AvgIpc) is 2.28. The first-order chi connectivity index (χ1) is 7.75. The summed E-state index contributed by atoms with van der Waals surface area (Å²) in [5.74, 6) is 0.249. The molecule has 1 aromatic rings. The summed E-state index contributed by atoms with van der Waals surface area (Å²) in [7, 11) is 0. The number of nitrogens with one attached hydrogen (secondary N) is 1. The Labute approximate surface area is 95.0 Å². The van der Waals surface area contributed by atoms with Gasteiger partial charge in [-0.2, -0.15) is 0 Å². The minimum atomic E-state index is -0.309. The van der Waals surface area contributed by atoms with Crippen molar-refractivity contribution in [1.29, 1.82) is 0 Å². The first-order valence-electron chi connectivity index (χ1n) is 5.67.